The molecule has 3 heterocycles. The van der Waals surface area contributed by atoms with E-state index in [0.717, 1.165) is 23.9 Å². The Kier molecular flexibility index (Phi) is 5.14. The van der Waals surface area contributed by atoms with Crippen LogP contribution in [-0.2, 0) is 16.6 Å². The smallest absolute Gasteiger partial charge is 0.253 e. The number of amides is 1. The Bertz CT molecular complexity index is 1120. The van der Waals surface area contributed by atoms with Gasteiger partial charge in [-0.1, -0.05) is 23.7 Å². The first kappa shape index (κ1) is 19.0. The van der Waals surface area contributed by atoms with Gasteiger partial charge in [0, 0.05) is 37.5 Å². The minimum atomic E-state index is -3.42. The van der Waals surface area contributed by atoms with E-state index in [4.69, 9.17) is 11.6 Å². The van der Waals surface area contributed by atoms with Gasteiger partial charge in [0.05, 0.1) is 15.5 Å². The second-order valence-corrected chi connectivity index (χ2v) is 9.22. The molecule has 8 heteroatoms. The van der Waals surface area contributed by atoms with Crippen molar-refractivity contribution < 1.29 is 13.2 Å². The van der Waals surface area contributed by atoms with E-state index in [-0.39, 0.29) is 5.91 Å². The molecule has 3 aromatic rings. The van der Waals surface area contributed by atoms with E-state index in [1.165, 1.54) is 4.31 Å². The lowest BCUT2D eigenvalue weighted by Gasteiger charge is -2.15. The van der Waals surface area contributed by atoms with Crippen LogP contribution in [0, 0.1) is 0 Å². The highest BCUT2D eigenvalue weighted by molar-refractivity contribution is 7.89. The summed E-state index contributed by atoms with van der Waals surface area (Å²) < 4.78 is 28.4. The van der Waals surface area contributed by atoms with Crippen molar-refractivity contribution in [3.8, 4) is 0 Å². The van der Waals surface area contributed by atoms with Crippen LogP contribution in [0.2, 0.25) is 5.02 Å². The molecule has 0 unspecified atom stereocenters. The standard InChI is InChI=1S/C20H20ClN3O3S/c21-17-5-6-18-11-16(13-23(18)14-17)20(25)22-12-15-3-7-19(8-4-15)28(26,27)24-9-1-2-10-24/h3-8,11,13-14H,1-2,9-10,12H2,(H,22,25). The van der Waals surface area contributed by atoms with Gasteiger partial charge in [-0.25, -0.2) is 8.42 Å². The van der Waals surface area contributed by atoms with E-state index in [1.54, 1.807) is 53.2 Å². The summed E-state index contributed by atoms with van der Waals surface area (Å²) in [5.74, 6) is -0.200. The fourth-order valence-corrected chi connectivity index (χ4v) is 5.03. The summed E-state index contributed by atoms with van der Waals surface area (Å²) in [5.41, 5.74) is 2.25. The molecule has 1 N–H and O–H groups in total. The molecule has 4 rings (SSSR count). The fourth-order valence-electron chi connectivity index (χ4n) is 3.35. The first-order valence-electron chi connectivity index (χ1n) is 9.08. The largest absolute Gasteiger partial charge is 0.348 e. The zero-order valence-corrected chi connectivity index (χ0v) is 16.7. The van der Waals surface area contributed by atoms with Crippen LogP contribution in [-0.4, -0.2) is 36.1 Å². The molecule has 0 spiro atoms. The van der Waals surface area contributed by atoms with E-state index in [0.29, 0.717) is 35.1 Å². The number of aromatic nitrogens is 1. The van der Waals surface area contributed by atoms with E-state index in [2.05, 4.69) is 5.32 Å². The van der Waals surface area contributed by atoms with Crippen molar-refractivity contribution in [3.63, 3.8) is 0 Å². The molecule has 1 saturated heterocycles. The number of nitrogens with zero attached hydrogens (tertiary/aromatic N) is 2. The third-order valence-electron chi connectivity index (χ3n) is 4.90. The van der Waals surface area contributed by atoms with Crippen molar-refractivity contribution in [3.05, 3.63) is 71.0 Å². The minimum absolute atomic E-state index is 0.200. The Labute approximate surface area is 168 Å². The number of halogens is 1. The quantitative estimate of drug-likeness (QED) is 0.692. The van der Waals surface area contributed by atoms with E-state index in [1.807, 2.05) is 6.07 Å². The summed E-state index contributed by atoms with van der Waals surface area (Å²) in [7, 11) is -3.42. The summed E-state index contributed by atoms with van der Waals surface area (Å²) in [6, 6.07) is 12.1. The van der Waals surface area contributed by atoms with Crippen molar-refractivity contribution >= 4 is 33.0 Å². The van der Waals surface area contributed by atoms with Crippen molar-refractivity contribution in [1.82, 2.24) is 14.0 Å². The van der Waals surface area contributed by atoms with E-state index < -0.39 is 10.0 Å². The fraction of sp³-hybridized carbons (Fsp3) is 0.250. The molecule has 1 amide bonds. The SMILES string of the molecule is O=C(NCc1ccc(S(=O)(=O)N2CCCC2)cc1)c1cc2ccc(Cl)cn2c1. The summed E-state index contributed by atoms with van der Waals surface area (Å²) >= 11 is 5.97. The third kappa shape index (κ3) is 3.78. The Morgan fingerprint density at radius 3 is 2.46 bits per heavy atom. The summed E-state index contributed by atoms with van der Waals surface area (Å²) in [4.78, 5) is 12.7. The Hall–Kier alpha value is -2.35. The molecular weight excluding hydrogens is 398 g/mol. The molecule has 0 bridgehead atoms. The Balaban J connectivity index is 1.42. The number of benzene rings is 1. The highest BCUT2D eigenvalue weighted by Gasteiger charge is 2.26. The van der Waals surface area contributed by atoms with Crippen molar-refractivity contribution in [2.45, 2.75) is 24.3 Å². The number of fused-ring (bicyclic) bond motifs is 1. The molecule has 2 aromatic heterocycles. The molecule has 146 valence electrons. The molecule has 1 aromatic carbocycles. The van der Waals surface area contributed by atoms with E-state index in [9.17, 15) is 13.2 Å². The number of carbonyl (C=O) groups excluding carboxylic acids is 1. The average molecular weight is 418 g/mol. The van der Waals surface area contributed by atoms with Gasteiger partial charge >= 0.3 is 0 Å². The summed E-state index contributed by atoms with van der Waals surface area (Å²) in [6.45, 7) is 1.48. The third-order valence-corrected chi connectivity index (χ3v) is 7.03. The van der Waals surface area contributed by atoms with Gasteiger partial charge in [0.25, 0.3) is 5.91 Å². The lowest BCUT2D eigenvalue weighted by atomic mass is 10.2. The molecular formula is C20H20ClN3O3S. The van der Waals surface area contributed by atoms with Crippen LogP contribution in [0.15, 0.2) is 59.8 Å². The number of sulfonamides is 1. The van der Waals surface area contributed by atoms with Crippen LogP contribution in [0.4, 0.5) is 0 Å². The Morgan fingerprint density at radius 2 is 1.75 bits per heavy atom. The second kappa shape index (κ2) is 7.58. The van der Waals surface area contributed by atoms with Gasteiger partial charge in [-0.05, 0) is 48.7 Å². The molecule has 28 heavy (non-hydrogen) atoms. The number of pyridine rings is 1. The van der Waals surface area contributed by atoms with Gasteiger partial charge < -0.3 is 9.72 Å². The Morgan fingerprint density at radius 1 is 1.04 bits per heavy atom. The van der Waals surface area contributed by atoms with Crippen LogP contribution in [0.3, 0.4) is 0 Å². The van der Waals surface area contributed by atoms with Gasteiger partial charge in [-0.2, -0.15) is 4.31 Å². The molecule has 0 saturated carbocycles. The van der Waals surface area contributed by atoms with Gasteiger partial charge in [-0.15, -0.1) is 0 Å². The number of hydrogen-bond donors (Lipinski definition) is 1. The molecule has 1 aliphatic heterocycles. The number of hydrogen-bond acceptors (Lipinski definition) is 3. The number of rotatable bonds is 5. The molecule has 1 aliphatic rings. The average Bonchev–Trinajstić information content (AvgIpc) is 3.36. The summed E-state index contributed by atoms with van der Waals surface area (Å²) in [6.07, 6.45) is 5.28. The highest BCUT2D eigenvalue weighted by atomic mass is 35.5. The van der Waals surface area contributed by atoms with Crippen molar-refractivity contribution in [2.24, 2.45) is 0 Å². The lowest BCUT2D eigenvalue weighted by Crippen LogP contribution is -2.27. The number of carbonyl (C=O) groups is 1. The lowest BCUT2D eigenvalue weighted by molar-refractivity contribution is 0.0951. The van der Waals surface area contributed by atoms with Crippen LogP contribution < -0.4 is 5.32 Å². The predicted octanol–water partition coefficient (Wildman–Crippen LogP) is 3.31. The van der Waals surface area contributed by atoms with Gasteiger partial charge in [0.1, 0.15) is 0 Å². The van der Waals surface area contributed by atoms with Gasteiger partial charge in [-0.3, -0.25) is 4.79 Å². The maximum atomic E-state index is 12.6. The van der Waals surface area contributed by atoms with E-state index >= 15 is 0 Å². The maximum Gasteiger partial charge on any atom is 0.253 e. The minimum Gasteiger partial charge on any atom is -0.348 e. The van der Waals surface area contributed by atoms with Crippen molar-refractivity contribution in [1.29, 1.82) is 0 Å². The van der Waals surface area contributed by atoms with Crippen LogP contribution >= 0.6 is 11.6 Å². The second-order valence-electron chi connectivity index (χ2n) is 6.85. The molecule has 0 radical (unpaired) electrons. The zero-order valence-electron chi connectivity index (χ0n) is 15.1. The van der Waals surface area contributed by atoms with Crippen LogP contribution in [0.25, 0.3) is 5.52 Å². The van der Waals surface area contributed by atoms with Gasteiger partial charge in [0.2, 0.25) is 10.0 Å². The zero-order chi connectivity index (χ0) is 19.7. The topological polar surface area (TPSA) is 70.9 Å². The highest BCUT2D eigenvalue weighted by Crippen LogP contribution is 2.21. The predicted molar refractivity (Wildman–Crippen MR) is 108 cm³/mol. The first-order chi connectivity index (χ1) is 13.4. The van der Waals surface area contributed by atoms with Crippen molar-refractivity contribution in [2.75, 3.05) is 13.1 Å². The first-order valence-corrected chi connectivity index (χ1v) is 10.9. The molecule has 1 fully saturated rings. The summed E-state index contributed by atoms with van der Waals surface area (Å²) in [5, 5.41) is 3.46. The molecule has 6 nitrogen and oxygen atoms in total. The number of nitrogens with one attached hydrogen (secondary N) is 1. The van der Waals surface area contributed by atoms with Crippen LogP contribution in [0.5, 0.6) is 0 Å². The monoisotopic (exact) mass is 417 g/mol. The normalized spacial score (nSPS) is 15.2. The maximum absolute atomic E-state index is 12.6. The molecule has 0 aliphatic carbocycles. The molecule has 0 atom stereocenters. The van der Waals surface area contributed by atoms with Gasteiger partial charge in [0.15, 0.2) is 0 Å². The van der Waals surface area contributed by atoms with Crippen LogP contribution in [0.1, 0.15) is 28.8 Å².